The van der Waals surface area contributed by atoms with E-state index < -0.39 is 0 Å². The van der Waals surface area contributed by atoms with Crippen LogP contribution in [-0.2, 0) is 13.1 Å². The van der Waals surface area contributed by atoms with Crippen molar-refractivity contribution in [1.82, 2.24) is 19.1 Å². The van der Waals surface area contributed by atoms with Crippen molar-refractivity contribution >= 4 is 21.7 Å². The number of hydrogen-bond donors (Lipinski definition) is 0. The average molecular weight is 384 g/mol. The van der Waals surface area contributed by atoms with E-state index in [-0.39, 0.29) is 11.1 Å². The summed E-state index contributed by atoms with van der Waals surface area (Å²) in [6, 6.07) is 10.9. The monoisotopic (exact) mass is 384 g/mol. The van der Waals surface area contributed by atoms with E-state index in [2.05, 4.69) is 9.97 Å². The standard InChI is InChI=1S/C22H16N4O3/c27-21-18-12-24-19-6-9-25(13-15-3-1-7-23-11-15)22(28)20(19)17(18)5-8-26(21)14-16-4-2-10-29-16/h1-12H,13-14H2. The van der Waals surface area contributed by atoms with Crippen LogP contribution in [0.15, 0.2) is 87.7 Å². The Morgan fingerprint density at radius 2 is 1.72 bits per heavy atom. The molecule has 0 bridgehead atoms. The van der Waals surface area contributed by atoms with Crippen molar-refractivity contribution in [3.63, 3.8) is 0 Å². The Kier molecular flexibility index (Phi) is 4.05. The average Bonchev–Trinajstić information content (AvgIpc) is 3.26. The molecule has 142 valence electrons. The van der Waals surface area contributed by atoms with Gasteiger partial charge in [-0.15, -0.1) is 0 Å². The van der Waals surface area contributed by atoms with Crippen molar-refractivity contribution < 1.29 is 4.42 Å². The number of rotatable bonds is 4. The van der Waals surface area contributed by atoms with Gasteiger partial charge in [0.1, 0.15) is 5.76 Å². The summed E-state index contributed by atoms with van der Waals surface area (Å²) >= 11 is 0. The second kappa shape index (κ2) is 6.87. The zero-order valence-electron chi connectivity index (χ0n) is 15.4. The van der Waals surface area contributed by atoms with Crippen molar-refractivity contribution in [3.05, 3.63) is 106 Å². The van der Waals surface area contributed by atoms with Crippen molar-refractivity contribution in [3.8, 4) is 0 Å². The van der Waals surface area contributed by atoms with Crippen LogP contribution in [-0.4, -0.2) is 19.1 Å². The molecule has 0 unspecified atom stereocenters. The molecule has 0 radical (unpaired) electrons. The Labute approximate surface area is 164 Å². The van der Waals surface area contributed by atoms with E-state index in [0.29, 0.717) is 40.5 Å². The Morgan fingerprint density at radius 3 is 2.52 bits per heavy atom. The van der Waals surface area contributed by atoms with Gasteiger partial charge in [0, 0.05) is 36.4 Å². The summed E-state index contributed by atoms with van der Waals surface area (Å²) in [6.45, 7) is 0.717. The molecule has 0 saturated heterocycles. The zero-order valence-corrected chi connectivity index (χ0v) is 15.4. The van der Waals surface area contributed by atoms with E-state index >= 15 is 0 Å². The van der Waals surface area contributed by atoms with Crippen LogP contribution in [0.4, 0.5) is 0 Å². The number of nitrogens with zero attached hydrogens (tertiary/aromatic N) is 4. The lowest BCUT2D eigenvalue weighted by atomic mass is 10.1. The predicted molar refractivity (Wildman–Crippen MR) is 109 cm³/mol. The first-order valence-corrected chi connectivity index (χ1v) is 9.13. The van der Waals surface area contributed by atoms with Crippen LogP contribution in [0.3, 0.4) is 0 Å². The lowest BCUT2D eigenvalue weighted by Crippen LogP contribution is -2.23. The SMILES string of the molecule is O=c1c2cnc3ccn(Cc4cccnc4)c(=O)c3c2ccn1Cc1ccco1. The summed E-state index contributed by atoms with van der Waals surface area (Å²) < 4.78 is 8.49. The Balaban J connectivity index is 1.67. The van der Waals surface area contributed by atoms with Crippen molar-refractivity contribution in [1.29, 1.82) is 0 Å². The lowest BCUT2D eigenvalue weighted by Gasteiger charge is -2.10. The first-order chi connectivity index (χ1) is 14.2. The van der Waals surface area contributed by atoms with E-state index in [1.165, 1.54) is 6.20 Å². The van der Waals surface area contributed by atoms with Crippen LogP contribution in [0.1, 0.15) is 11.3 Å². The van der Waals surface area contributed by atoms with Crippen molar-refractivity contribution in [2.24, 2.45) is 0 Å². The third-order valence-electron chi connectivity index (χ3n) is 4.93. The quantitative estimate of drug-likeness (QED) is 0.445. The first kappa shape index (κ1) is 17.1. The zero-order chi connectivity index (χ0) is 19.8. The van der Waals surface area contributed by atoms with Gasteiger partial charge in [0.15, 0.2) is 0 Å². The lowest BCUT2D eigenvalue weighted by molar-refractivity contribution is 0.490. The highest BCUT2D eigenvalue weighted by Gasteiger charge is 2.12. The van der Waals surface area contributed by atoms with Gasteiger partial charge in [-0.3, -0.25) is 19.6 Å². The van der Waals surface area contributed by atoms with Crippen LogP contribution in [0.25, 0.3) is 21.7 Å². The summed E-state index contributed by atoms with van der Waals surface area (Å²) in [5, 5.41) is 1.44. The maximum Gasteiger partial charge on any atom is 0.260 e. The topological polar surface area (TPSA) is 82.9 Å². The molecule has 7 heteroatoms. The molecule has 0 aliphatic rings. The minimum Gasteiger partial charge on any atom is -0.467 e. The van der Waals surface area contributed by atoms with Crippen LogP contribution >= 0.6 is 0 Å². The molecule has 5 rings (SSSR count). The molecule has 0 aliphatic carbocycles. The van der Waals surface area contributed by atoms with Crippen molar-refractivity contribution in [2.75, 3.05) is 0 Å². The molecule has 29 heavy (non-hydrogen) atoms. The summed E-state index contributed by atoms with van der Waals surface area (Å²) in [5.41, 5.74) is 1.08. The minimum absolute atomic E-state index is 0.187. The van der Waals surface area contributed by atoms with Gasteiger partial charge in [-0.1, -0.05) is 6.07 Å². The van der Waals surface area contributed by atoms with E-state index in [0.717, 1.165) is 5.56 Å². The minimum atomic E-state index is -0.213. The van der Waals surface area contributed by atoms with Gasteiger partial charge >= 0.3 is 0 Å². The molecule has 7 nitrogen and oxygen atoms in total. The number of aromatic nitrogens is 4. The third-order valence-corrected chi connectivity index (χ3v) is 4.93. The largest absolute Gasteiger partial charge is 0.467 e. The number of hydrogen-bond acceptors (Lipinski definition) is 5. The smallest absolute Gasteiger partial charge is 0.260 e. The van der Waals surface area contributed by atoms with E-state index in [9.17, 15) is 9.59 Å². The summed E-state index contributed by atoms with van der Waals surface area (Å²) in [7, 11) is 0. The second-order valence-corrected chi connectivity index (χ2v) is 6.78. The molecular formula is C22H16N4O3. The predicted octanol–water partition coefficient (Wildman–Crippen LogP) is 2.80. The van der Waals surface area contributed by atoms with Gasteiger partial charge in [0.2, 0.25) is 0 Å². The molecule has 0 N–H and O–H groups in total. The number of pyridine rings is 4. The van der Waals surface area contributed by atoms with Crippen LogP contribution in [0, 0.1) is 0 Å². The van der Waals surface area contributed by atoms with Gasteiger partial charge in [-0.25, -0.2) is 0 Å². The summed E-state index contributed by atoms with van der Waals surface area (Å²) in [6.07, 6.45) is 9.92. The van der Waals surface area contributed by atoms with Gasteiger partial charge in [0.05, 0.1) is 35.6 Å². The maximum absolute atomic E-state index is 13.2. The fraction of sp³-hybridized carbons (Fsp3) is 0.0909. The molecule has 0 fully saturated rings. The molecule has 0 aromatic carbocycles. The van der Waals surface area contributed by atoms with E-state index in [1.807, 2.05) is 18.2 Å². The fourth-order valence-electron chi connectivity index (χ4n) is 3.50. The van der Waals surface area contributed by atoms with Gasteiger partial charge < -0.3 is 13.6 Å². The molecular weight excluding hydrogens is 368 g/mol. The Morgan fingerprint density at radius 1 is 0.862 bits per heavy atom. The van der Waals surface area contributed by atoms with Crippen molar-refractivity contribution in [2.45, 2.75) is 13.1 Å². The molecule has 0 atom stereocenters. The van der Waals surface area contributed by atoms with Gasteiger partial charge in [-0.05, 0) is 35.9 Å². The van der Waals surface area contributed by atoms with E-state index in [4.69, 9.17) is 4.42 Å². The number of fused-ring (bicyclic) bond motifs is 3. The summed E-state index contributed by atoms with van der Waals surface area (Å²) in [4.78, 5) is 34.6. The number of furan rings is 1. The highest BCUT2D eigenvalue weighted by Crippen LogP contribution is 2.18. The highest BCUT2D eigenvalue weighted by atomic mass is 16.3. The molecule has 5 heterocycles. The molecule has 0 amide bonds. The summed E-state index contributed by atoms with van der Waals surface area (Å²) in [5.74, 6) is 0.680. The van der Waals surface area contributed by atoms with E-state index in [1.54, 1.807) is 58.4 Å². The third kappa shape index (κ3) is 3.02. The van der Waals surface area contributed by atoms with Crippen LogP contribution in [0.2, 0.25) is 0 Å². The Bertz CT molecular complexity index is 1430. The molecule has 0 spiro atoms. The maximum atomic E-state index is 13.2. The molecule has 5 aromatic rings. The molecule has 0 aliphatic heterocycles. The Hall–Kier alpha value is -4.00. The van der Waals surface area contributed by atoms with Crippen LogP contribution in [0.5, 0.6) is 0 Å². The van der Waals surface area contributed by atoms with Gasteiger partial charge in [-0.2, -0.15) is 0 Å². The molecule has 0 saturated carbocycles. The van der Waals surface area contributed by atoms with Gasteiger partial charge in [0.25, 0.3) is 11.1 Å². The normalized spacial score (nSPS) is 11.3. The molecule has 5 aromatic heterocycles. The second-order valence-electron chi connectivity index (χ2n) is 6.78. The first-order valence-electron chi connectivity index (χ1n) is 9.13. The highest BCUT2D eigenvalue weighted by molar-refractivity contribution is 6.04. The van der Waals surface area contributed by atoms with Crippen LogP contribution < -0.4 is 11.1 Å². The fourth-order valence-corrected chi connectivity index (χ4v) is 3.50.